The van der Waals surface area contributed by atoms with Gasteiger partial charge in [0.2, 0.25) is 0 Å². The summed E-state index contributed by atoms with van der Waals surface area (Å²) >= 11 is 0. The van der Waals surface area contributed by atoms with Crippen LogP contribution in [0.25, 0.3) is 0 Å². The average molecular weight is 294 g/mol. The first kappa shape index (κ1) is 25.6. The zero-order valence-corrected chi connectivity index (χ0v) is 11.4. The Labute approximate surface area is 118 Å². The minimum absolute atomic E-state index is 0. The molecule has 0 heterocycles. The van der Waals surface area contributed by atoms with E-state index in [4.69, 9.17) is 23.4 Å². The van der Waals surface area contributed by atoms with Crippen molar-refractivity contribution < 1.29 is 40.5 Å². The molecule has 0 N–H and O–H groups in total. The van der Waals surface area contributed by atoms with Crippen LogP contribution in [0.2, 0.25) is 0 Å². The Morgan fingerprint density at radius 2 is 1.50 bits per heavy atom. The van der Waals surface area contributed by atoms with E-state index in [1.807, 2.05) is 6.08 Å². The van der Waals surface area contributed by atoms with Crippen molar-refractivity contribution in [3.63, 3.8) is 0 Å². The van der Waals surface area contributed by atoms with Crippen molar-refractivity contribution in [1.29, 1.82) is 0 Å². The van der Waals surface area contributed by atoms with E-state index in [1.54, 1.807) is 14.2 Å². The van der Waals surface area contributed by atoms with Gasteiger partial charge in [0.1, 0.15) is 11.5 Å². The molecule has 0 amide bonds. The predicted molar refractivity (Wildman–Crippen MR) is 55.8 cm³/mol. The Hall–Kier alpha value is -1.18. The van der Waals surface area contributed by atoms with Crippen molar-refractivity contribution in [2.75, 3.05) is 14.2 Å². The largest absolute Gasteiger partial charge is 0 e. The number of hydrogen-bond donors (Lipinski definition) is 0. The second-order valence-electron chi connectivity index (χ2n) is 2.70. The molecule has 1 rings (SSSR count). The zero-order valence-electron chi connectivity index (χ0n) is 10.3. The molecule has 1 aliphatic carbocycles. The summed E-state index contributed by atoms with van der Waals surface area (Å²) in [7, 11) is 3.37. The molecule has 18 heavy (non-hydrogen) atoms. The Balaban J connectivity index is -0.000000123. The predicted octanol–water partition coefficient (Wildman–Crippen LogP) is 1.97. The number of ether oxygens (including phenoxy) is 2. The molecule has 0 spiro atoms. The molecule has 0 fully saturated rings. The second kappa shape index (κ2) is 21.1. The number of allylic oxidation sites excluding steroid dienone is 3. The SMILES string of the molecule is COC1=CC[C@@H](C)C(OC)=C1.[C-]#[O+].[C-]#[O+].[C-]#[O+].[Fe]. The van der Waals surface area contributed by atoms with Crippen molar-refractivity contribution in [2.45, 2.75) is 13.3 Å². The van der Waals surface area contributed by atoms with E-state index in [-0.39, 0.29) is 17.1 Å². The fourth-order valence-electron chi connectivity index (χ4n) is 1.15. The molecule has 0 radical (unpaired) electrons. The molecule has 100 valence electrons. The minimum atomic E-state index is 0. The van der Waals surface area contributed by atoms with Crippen molar-refractivity contribution in [3.8, 4) is 0 Å². The molecule has 0 saturated heterocycles. The summed E-state index contributed by atoms with van der Waals surface area (Å²) < 4.78 is 32.8. The van der Waals surface area contributed by atoms with Gasteiger partial charge in [0.05, 0.1) is 14.2 Å². The molecular formula is C12H14FeO5. The Morgan fingerprint density at radius 3 is 1.83 bits per heavy atom. The fraction of sp³-hybridized carbons (Fsp3) is 0.417. The topological polar surface area (TPSA) is 78.2 Å². The number of rotatable bonds is 2. The van der Waals surface area contributed by atoms with Crippen molar-refractivity contribution in [1.82, 2.24) is 0 Å². The molecule has 0 saturated carbocycles. The molecule has 0 bridgehead atoms. The standard InChI is InChI=1S/C9H14O2.3CO.Fe/c1-7-4-5-8(10-2)6-9(7)11-3;3*1-2;/h5-7H,4H2,1-3H3;;;;/t7-;;;;/m1..../s1. The first-order valence-corrected chi connectivity index (χ1v) is 4.39. The molecule has 6 heteroatoms. The van der Waals surface area contributed by atoms with Crippen LogP contribution in [0.3, 0.4) is 0 Å². The molecule has 0 aromatic rings. The van der Waals surface area contributed by atoms with Gasteiger partial charge in [-0.1, -0.05) is 6.92 Å². The van der Waals surface area contributed by atoms with Gasteiger partial charge in [-0.05, 0) is 12.5 Å². The molecule has 1 aliphatic rings. The zero-order chi connectivity index (χ0) is 14.3. The van der Waals surface area contributed by atoms with Crippen LogP contribution in [0.1, 0.15) is 13.3 Å². The van der Waals surface area contributed by atoms with E-state index >= 15 is 0 Å². The Kier molecular flexibility index (Phi) is 30.1. The molecule has 0 unspecified atom stereocenters. The van der Waals surface area contributed by atoms with Gasteiger partial charge >= 0.3 is 33.9 Å². The average Bonchev–Trinajstić information content (AvgIpc) is 2.46. The van der Waals surface area contributed by atoms with E-state index in [2.05, 4.69) is 33.0 Å². The summed E-state index contributed by atoms with van der Waals surface area (Å²) in [5.74, 6) is 2.39. The second-order valence-corrected chi connectivity index (χ2v) is 2.70. The van der Waals surface area contributed by atoms with Gasteiger partial charge in [-0.3, -0.25) is 0 Å². The van der Waals surface area contributed by atoms with Crippen LogP contribution in [0, 0.1) is 25.9 Å². The first-order chi connectivity index (χ1) is 8.27. The molecular weight excluding hydrogens is 280 g/mol. The maximum atomic E-state index is 7.50. The third-order valence-electron chi connectivity index (χ3n) is 1.91. The maximum absolute atomic E-state index is 7.50. The third-order valence-corrected chi connectivity index (χ3v) is 1.91. The first-order valence-electron chi connectivity index (χ1n) is 4.39. The summed E-state index contributed by atoms with van der Waals surface area (Å²) in [6, 6.07) is 0. The van der Waals surface area contributed by atoms with Crippen LogP contribution in [-0.4, -0.2) is 14.2 Å². The van der Waals surface area contributed by atoms with Gasteiger partial charge in [0, 0.05) is 29.1 Å². The van der Waals surface area contributed by atoms with Crippen molar-refractivity contribution in [3.05, 3.63) is 43.6 Å². The van der Waals surface area contributed by atoms with E-state index in [9.17, 15) is 0 Å². The van der Waals surface area contributed by atoms with Crippen LogP contribution in [0.4, 0.5) is 0 Å². The van der Waals surface area contributed by atoms with Crippen LogP contribution >= 0.6 is 0 Å². The van der Waals surface area contributed by atoms with Crippen molar-refractivity contribution in [2.24, 2.45) is 5.92 Å². The summed E-state index contributed by atoms with van der Waals surface area (Å²) in [4.78, 5) is 0. The summed E-state index contributed by atoms with van der Waals surface area (Å²) in [6.07, 6.45) is 5.02. The monoisotopic (exact) mass is 294 g/mol. The summed E-state index contributed by atoms with van der Waals surface area (Å²) in [5.41, 5.74) is 0. The molecule has 5 nitrogen and oxygen atoms in total. The minimum Gasteiger partial charge on any atom is 0 e. The van der Waals surface area contributed by atoms with E-state index in [0.29, 0.717) is 5.92 Å². The third kappa shape index (κ3) is 11.3. The van der Waals surface area contributed by atoms with E-state index in [1.165, 1.54) is 0 Å². The van der Waals surface area contributed by atoms with Gasteiger partial charge in [-0.25, -0.2) is 0 Å². The number of hydrogen-bond acceptors (Lipinski definition) is 2. The Bertz CT molecular complexity index is 287. The maximum Gasteiger partial charge on any atom is 0 e. The summed E-state index contributed by atoms with van der Waals surface area (Å²) in [5, 5.41) is 0. The summed E-state index contributed by atoms with van der Waals surface area (Å²) in [6.45, 7) is 15.6. The number of methoxy groups -OCH3 is 2. The molecule has 1 atom stereocenters. The van der Waals surface area contributed by atoms with Crippen molar-refractivity contribution >= 4 is 0 Å². The normalized spacial score (nSPS) is 14.8. The Morgan fingerprint density at radius 1 is 1.06 bits per heavy atom. The van der Waals surface area contributed by atoms with Gasteiger partial charge in [-0.15, -0.1) is 0 Å². The van der Waals surface area contributed by atoms with Crippen LogP contribution < -0.4 is 0 Å². The van der Waals surface area contributed by atoms with Gasteiger partial charge in [0.25, 0.3) is 0 Å². The molecule has 0 aliphatic heterocycles. The van der Waals surface area contributed by atoms with Crippen LogP contribution in [0.5, 0.6) is 0 Å². The fourth-order valence-corrected chi connectivity index (χ4v) is 1.15. The quantitative estimate of drug-likeness (QED) is 0.443. The smallest absolute Gasteiger partial charge is 0 e. The van der Waals surface area contributed by atoms with E-state index < -0.39 is 0 Å². The molecule has 0 aromatic heterocycles. The van der Waals surface area contributed by atoms with Gasteiger partial charge in [0.15, 0.2) is 0 Å². The van der Waals surface area contributed by atoms with Crippen LogP contribution in [-0.2, 0) is 40.5 Å². The molecule has 0 aromatic carbocycles. The van der Waals surface area contributed by atoms with Crippen LogP contribution in [0.15, 0.2) is 23.7 Å². The van der Waals surface area contributed by atoms with E-state index in [0.717, 1.165) is 17.9 Å². The van der Waals surface area contributed by atoms with Gasteiger partial charge in [-0.2, -0.15) is 0 Å². The van der Waals surface area contributed by atoms with Gasteiger partial charge < -0.3 is 9.47 Å².